The zero-order valence-corrected chi connectivity index (χ0v) is 25.1. The number of aromatic nitrogens is 4. The van der Waals surface area contributed by atoms with Crippen molar-refractivity contribution in [2.24, 2.45) is 0 Å². The van der Waals surface area contributed by atoms with Crippen LogP contribution in [0.5, 0.6) is 11.5 Å². The van der Waals surface area contributed by atoms with Gasteiger partial charge in [0.2, 0.25) is 5.95 Å². The molecule has 1 unspecified atom stereocenters. The molecule has 4 heterocycles. The lowest BCUT2D eigenvalue weighted by molar-refractivity contribution is 0.104. The lowest BCUT2D eigenvalue weighted by Crippen LogP contribution is -2.32. The molecule has 2 aromatic carbocycles. The molecule has 5 aromatic rings. The summed E-state index contributed by atoms with van der Waals surface area (Å²) in [5, 5.41) is 2.99. The molecule has 0 saturated carbocycles. The van der Waals surface area contributed by atoms with E-state index in [2.05, 4.69) is 43.4 Å². The molecular weight excluding hydrogens is 574 g/mol. The number of anilines is 2. The van der Waals surface area contributed by atoms with Gasteiger partial charge in [0.15, 0.2) is 17.3 Å². The Morgan fingerprint density at radius 3 is 2.73 bits per heavy atom. The second kappa shape index (κ2) is 12.5. The van der Waals surface area contributed by atoms with E-state index < -0.39 is 0 Å². The van der Waals surface area contributed by atoms with E-state index in [4.69, 9.17) is 25.9 Å². The monoisotopic (exact) mass is 605 g/mol. The molecule has 44 heavy (non-hydrogen) atoms. The zero-order chi connectivity index (χ0) is 30.6. The molecule has 3 aromatic heterocycles. The van der Waals surface area contributed by atoms with Crippen molar-refractivity contribution in [3.05, 3.63) is 118 Å². The Morgan fingerprint density at radius 1 is 1.09 bits per heavy atom. The van der Waals surface area contributed by atoms with Crippen molar-refractivity contribution in [1.82, 2.24) is 24.8 Å². The summed E-state index contributed by atoms with van der Waals surface area (Å²) in [4.78, 5) is 33.3. The standard InChI is InChI=1S/C33H31N7O3S/c1-42-28-16-20(14-23-18-37-33(35)39-31(23)34)15-25(30(28)43-2)27(41)10-13-40-12-9-21-6-3-4-8-24(21)29(40)26-19-44-32(38-26)22-7-5-11-36-17-22/h3-8,10-11,13,15-19,29H,9,12,14H2,1-2H3,(H4,34,35,37,39). The fraction of sp³-hybridized carbons (Fsp3) is 0.182. The van der Waals surface area contributed by atoms with E-state index >= 15 is 0 Å². The lowest BCUT2D eigenvalue weighted by Gasteiger charge is -2.35. The van der Waals surface area contributed by atoms with Gasteiger partial charge in [-0.2, -0.15) is 4.98 Å². The Morgan fingerprint density at radius 2 is 1.95 bits per heavy atom. The first kappa shape index (κ1) is 28.8. The second-order valence-electron chi connectivity index (χ2n) is 10.3. The highest BCUT2D eigenvalue weighted by Crippen LogP contribution is 2.38. The number of hydrogen-bond acceptors (Lipinski definition) is 11. The number of hydrogen-bond donors (Lipinski definition) is 2. The van der Waals surface area contributed by atoms with Crippen molar-refractivity contribution in [3.63, 3.8) is 0 Å². The van der Waals surface area contributed by atoms with Gasteiger partial charge in [0.1, 0.15) is 10.8 Å². The second-order valence-corrected chi connectivity index (χ2v) is 11.1. The first-order valence-corrected chi connectivity index (χ1v) is 14.9. The molecule has 10 nitrogen and oxygen atoms in total. The molecule has 4 N–H and O–H groups in total. The number of fused-ring (bicyclic) bond motifs is 1. The number of benzene rings is 2. The number of nitrogen functional groups attached to an aromatic ring is 2. The number of methoxy groups -OCH3 is 2. The molecule has 11 heteroatoms. The molecule has 0 fully saturated rings. The molecule has 6 rings (SSSR count). The molecule has 0 spiro atoms. The van der Waals surface area contributed by atoms with Crippen molar-refractivity contribution in [3.8, 4) is 22.1 Å². The van der Waals surface area contributed by atoms with Crippen molar-refractivity contribution < 1.29 is 14.3 Å². The van der Waals surface area contributed by atoms with Crippen LogP contribution in [-0.2, 0) is 12.8 Å². The molecule has 222 valence electrons. The number of allylic oxidation sites excluding steroid dienone is 1. The van der Waals surface area contributed by atoms with Gasteiger partial charge >= 0.3 is 0 Å². The number of pyridine rings is 1. The first-order chi connectivity index (χ1) is 21.4. The minimum Gasteiger partial charge on any atom is -0.493 e. The van der Waals surface area contributed by atoms with Crippen LogP contribution in [0.25, 0.3) is 10.6 Å². The predicted molar refractivity (Wildman–Crippen MR) is 171 cm³/mol. The van der Waals surface area contributed by atoms with Crippen molar-refractivity contribution in [2.45, 2.75) is 18.9 Å². The minimum atomic E-state index is -0.226. The quantitative estimate of drug-likeness (QED) is 0.172. The average Bonchev–Trinajstić information content (AvgIpc) is 3.54. The van der Waals surface area contributed by atoms with Crippen molar-refractivity contribution in [2.75, 3.05) is 32.2 Å². The van der Waals surface area contributed by atoms with Gasteiger partial charge < -0.3 is 25.8 Å². The topological polar surface area (TPSA) is 142 Å². The summed E-state index contributed by atoms with van der Waals surface area (Å²) in [5.41, 5.74) is 17.9. The van der Waals surface area contributed by atoms with Crippen LogP contribution >= 0.6 is 11.3 Å². The number of ketones is 1. The maximum absolute atomic E-state index is 13.8. The Labute approximate surface area is 259 Å². The molecule has 0 radical (unpaired) electrons. The van der Waals surface area contributed by atoms with E-state index in [0.29, 0.717) is 29.0 Å². The van der Waals surface area contributed by atoms with Crippen LogP contribution in [0.2, 0.25) is 0 Å². The summed E-state index contributed by atoms with van der Waals surface area (Å²) in [6.07, 6.45) is 9.82. The highest BCUT2D eigenvalue weighted by Gasteiger charge is 2.29. The van der Waals surface area contributed by atoms with Crippen LogP contribution in [0.4, 0.5) is 11.8 Å². The third-order valence-electron chi connectivity index (χ3n) is 7.56. The van der Waals surface area contributed by atoms with Crippen LogP contribution in [-0.4, -0.2) is 51.4 Å². The largest absolute Gasteiger partial charge is 0.493 e. The van der Waals surface area contributed by atoms with Crippen molar-refractivity contribution >= 4 is 28.9 Å². The summed E-state index contributed by atoms with van der Waals surface area (Å²) >= 11 is 1.58. The van der Waals surface area contributed by atoms with Gasteiger partial charge in [-0.15, -0.1) is 11.3 Å². The third kappa shape index (κ3) is 5.82. The Bertz CT molecular complexity index is 1840. The number of nitrogens with zero attached hydrogens (tertiary/aromatic N) is 5. The number of carbonyl (C=O) groups excluding carboxylic acids is 1. The van der Waals surface area contributed by atoms with E-state index in [1.807, 2.05) is 36.7 Å². The van der Waals surface area contributed by atoms with E-state index in [9.17, 15) is 4.79 Å². The molecule has 1 atom stereocenters. The fourth-order valence-corrected chi connectivity index (χ4v) is 6.29. The number of ether oxygens (including phenoxy) is 2. The van der Waals surface area contributed by atoms with Crippen LogP contribution in [0.1, 0.15) is 44.3 Å². The summed E-state index contributed by atoms with van der Waals surface area (Å²) in [6, 6.07) is 15.8. The van der Waals surface area contributed by atoms with Gasteiger partial charge in [-0.3, -0.25) is 9.78 Å². The lowest BCUT2D eigenvalue weighted by atomic mass is 9.91. The van der Waals surface area contributed by atoms with Gasteiger partial charge in [-0.25, -0.2) is 9.97 Å². The average molecular weight is 606 g/mol. The van der Waals surface area contributed by atoms with E-state index in [1.165, 1.54) is 25.3 Å². The van der Waals surface area contributed by atoms with E-state index in [-0.39, 0.29) is 23.6 Å². The predicted octanol–water partition coefficient (Wildman–Crippen LogP) is 5.11. The van der Waals surface area contributed by atoms with Gasteiger partial charge in [0, 0.05) is 60.3 Å². The Balaban J connectivity index is 1.33. The van der Waals surface area contributed by atoms with Gasteiger partial charge in [-0.1, -0.05) is 24.3 Å². The minimum absolute atomic E-state index is 0.101. The van der Waals surface area contributed by atoms with Gasteiger partial charge in [0.05, 0.1) is 31.5 Å². The summed E-state index contributed by atoms with van der Waals surface area (Å²) in [5.74, 6) is 0.949. The third-order valence-corrected chi connectivity index (χ3v) is 8.47. The SMILES string of the molecule is COc1cc(Cc2cnc(N)nc2N)cc(C(=O)C=CN2CCc3ccccc3C2c2csc(-c3cccnc3)n2)c1OC. The van der Waals surface area contributed by atoms with Crippen LogP contribution in [0.3, 0.4) is 0 Å². The van der Waals surface area contributed by atoms with Crippen molar-refractivity contribution in [1.29, 1.82) is 0 Å². The molecule has 0 bridgehead atoms. The van der Waals surface area contributed by atoms with E-state index in [0.717, 1.165) is 34.8 Å². The Hall–Kier alpha value is -5.29. The summed E-state index contributed by atoms with van der Waals surface area (Å²) in [7, 11) is 3.05. The summed E-state index contributed by atoms with van der Waals surface area (Å²) < 4.78 is 11.2. The maximum Gasteiger partial charge on any atom is 0.221 e. The smallest absolute Gasteiger partial charge is 0.221 e. The molecule has 0 saturated heterocycles. The molecule has 1 aliphatic rings. The maximum atomic E-state index is 13.8. The van der Waals surface area contributed by atoms with Crippen LogP contribution in [0, 0.1) is 0 Å². The zero-order valence-electron chi connectivity index (χ0n) is 24.3. The molecule has 0 aliphatic carbocycles. The number of carbonyl (C=O) groups is 1. The van der Waals surface area contributed by atoms with Crippen LogP contribution < -0.4 is 20.9 Å². The highest BCUT2D eigenvalue weighted by atomic mass is 32.1. The highest BCUT2D eigenvalue weighted by molar-refractivity contribution is 7.13. The molecular formula is C33H31N7O3S. The van der Waals surface area contributed by atoms with Gasteiger partial charge in [0.25, 0.3) is 0 Å². The summed E-state index contributed by atoms with van der Waals surface area (Å²) in [6.45, 7) is 0.724. The van der Waals surface area contributed by atoms with E-state index in [1.54, 1.807) is 35.9 Å². The Kier molecular flexibility index (Phi) is 8.20. The molecule has 1 aliphatic heterocycles. The normalized spacial score (nSPS) is 14.4. The fourth-order valence-electron chi connectivity index (χ4n) is 5.46. The van der Waals surface area contributed by atoms with Crippen LogP contribution in [0.15, 0.2) is 84.8 Å². The molecule has 0 amide bonds. The number of rotatable bonds is 9. The number of nitrogens with two attached hydrogens (primary N) is 2. The van der Waals surface area contributed by atoms with Gasteiger partial charge in [-0.05, 0) is 47.4 Å². The first-order valence-electron chi connectivity index (χ1n) is 14.0. The number of thiazole rings is 1.